The second-order valence-corrected chi connectivity index (χ2v) is 7.92. The van der Waals surface area contributed by atoms with Gasteiger partial charge in [0.25, 0.3) is 11.6 Å². The molecule has 2 aromatic carbocycles. The number of nitro groups is 1. The third-order valence-corrected chi connectivity index (χ3v) is 5.59. The summed E-state index contributed by atoms with van der Waals surface area (Å²) in [6, 6.07) is 9.22. The van der Waals surface area contributed by atoms with E-state index in [0.717, 1.165) is 5.56 Å². The van der Waals surface area contributed by atoms with Gasteiger partial charge in [0.05, 0.1) is 9.82 Å². The fraction of sp³-hybridized carbons (Fsp3) is 0.278. The van der Waals surface area contributed by atoms with Crippen LogP contribution in [0.25, 0.3) is 0 Å². The number of carbonyl (C=O) groups excluding carboxylic acids is 1. The van der Waals surface area contributed by atoms with Gasteiger partial charge in [-0.25, -0.2) is 13.1 Å². The van der Waals surface area contributed by atoms with E-state index in [0.29, 0.717) is 11.1 Å². The van der Waals surface area contributed by atoms with Gasteiger partial charge < -0.3 is 5.32 Å². The van der Waals surface area contributed by atoms with Crippen LogP contribution in [-0.2, 0) is 10.0 Å². The molecule has 8 nitrogen and oxygen atoms in total. The van der Waals surface area contributed by atoms with E-state index in [4.69, 9.17) is 0 Å². The first-order valence-corrected chi connectivity index (χ1v) is 9.70. The van der Waals surface area contributed by atoms with Crippen LogP contribution in [0, 0.1) is 30.9 Å². The average Bonchev–Trinajstić information content (AvgIpc) is 2.60. The third-order valence-electron chi connectivity index (χ3n) is 3.99. The van der Waals surface area contributed by atoms with Gasteiger partial charge in [0.1, 0.15) is 0 Å². The van der Waals surface area contributed by atoms with Crippen LogP contribution in [0.2, 0.25) is 0 Å². The quantitative estimate of drug-likeness (QED) is 0.426. The standard InChI is InChI=1S/C18H21N3O5S/c1-12-4-5-13(2)17(10-12)27(25,26)20-9-8-19-18(22)15-6-7-16(21(23)24)14(3)11-15/h4-7,10-11,20H,8-9H2,1-3H3,(H,19,22). The maximum absolute atomic E-state index is 12.4. The Kier molecular flexibility index (Phi) is 6.29. The third kappa shape index (κ3) is 5.11. The predicted molar refractivity (Wildman–Crippen MR) is 101 cm³/mol. The van der Waals surface area contributed by atoms with Crippen LogP contribution in [-0.4, -0.2) is 32.3 Å². The molecule has 144 valence electrons. The van der Waals surface area contributed by atoms with E-state index in [1.165, 1.54) is 18.2 Å². The SMILES string of the molecule is Cc1ccc(C)c(S(=O)(=O)NCCNC(=O)c2ccc([N+](=O)[O-])c(C)c2)c1. The lowest BCUT2D eigenvalue weighted by molar-refractivity contribution is -0.385. The topological polar surface area (TPSA) is 118 Å². The molecule has 0 unspecified atom stereocenters. The maximum atomic E-state index is 12.4. The second-order valence-electron chi connectivity index (χ2n) is 6.18. The Hall–Kier alpha value is -2.78. The summed E-state index contributed by atoms with van der Waals surface area (Å²) in [6.45, 7) is 5.18. The van der Waals surface area contributed by atoms with E-state index in [9.17, 15) is 23.3 Å². The average molecular weight is 391 g/mol. The number of aryl methyl sites for hydroxylation is 3. The molecule has 2 N–H and O–H groups in total. The minimum absolute atomic E-state index is 0.0212. The predicted octanol–water partition coefficient (Wildman–Crippen LogP) is 2.23. The van der Waals surface area contributed by atoms with Crippen molar-refractivity contribution in [1.29, 1.82) is 0 Å². The van der Waals surface area contributed by atoms with Gasteiger partial charge in [0.2, 0.25) is 10.0 Å². The molecule has 2 rings (SSSR count). The van der Waals surface area contributed by atoms with Crippen LogP contribution in [0.1, 0.15) is 27.0 Å². The molecular weight excluding hydrogens is 370 g/mol. The Morgan fingerprint density at radius 3 is 2.37 bits per heavy atom. The van der Waals surface area contributed by atoms with Gasteiger partial charge in [-0.3, -0.25) is 14.9 Å². The van der Waals surface area contributed by atoms with Crippen molar-refractivity contribution in [2.75, 3.05) is 13.1 Å². The number of sulfonamides is 1. The molecule has 0 aliphatic rings. The fourth-order valence-electron chi connectivity index (χ4n) is 2.54. The van der Waals surface area contributed by atoms with Crippen LogP contribution >= 0.6 is 0 Å². The molecule has 0 heterocycles. The maximum Gasteiger partial charge on any atom is 0.272 e. The Labute approximate surface area is 157 Å². The molecule has 0 radical (unpaired) electrons. The monoisotopic (exact) mass is 391 g/mol. The molecular formula is C18H21N3O5S. The first kappa shape index (κ1) is 20.5. The first-order chi connectivity index (χ1) is 12.6. The number of nitrogens with zero attached hydrogens (tertiary/aromatic N) is 1. The Balaban J connectivity index is 1.94. The molecule has 0 bridgehead atoms. The number of benzene rings is 2. The highest BCUT2D eigenvalue weighted by atomic mass is 32.2. The highest BCUT2D eigenvalue weighted by Gasteiger charge is 2.17. The van der Waals surface area contributed by atoms with Crippen molar-refractivity contribution in [1.82, 2.24) is 10.0 Å². The Morgan fingerprint density at radius 2 is 1.74 bits per heavy atom. The summed E-state index contributed by atoms with van der Waals surface area (Å²) in [4.78, 5) is 22.6. The second kappa shape index (κ2) is 8.28. The number of nitro benzene ring substituents is 1. The van der Waals surface area contributed by atoms with E-state index in [1.54, 1.807) is 26.0 Å². The van der Waals surface area contributed by atoms with Crippen LogP contribution < -0.4 is 10.0 Å². The zero-order valence-electron chi connectivity index (χ0n) is 15.3. The highest BCUT2D eigenvalue weighted by molar-refractivity contribution is 7.89. The van der Waals surface area contributed by atoms with Crippen LogP contribution in [0.3, 0.4) is 0 Å². The van der Waals surface area contributed by atoms with Gasteiger partial charge in [-0.05, 0) is 50.1 Å². The number of hydrogen-bond acceptors (Lipinski definition) is 5. The van der Waals surface area contributed by atoms with Crippen molar-refractivity contribution in [2.45, 2.75) is 25.7 Å². The van der Waals surface area contributed by atoms with Crippen molar-refractivity contribution in [3.63, 3.8) is 0 Å². The smallest absolute Gasteiger partial charge is 0.272 e. The molecule has 27 heavy (non-hydrogen) atoms. The molecule has 0 aliphatic carbocycles. The summed E-state index contributed by atoms with van der Waals surface area (Å²) in [5.41, 5.74) is 2.06. The molecule has 1 amide bonds. The number of nitrogens with one attached hydrogen (secondary N) is 2. The highest BCUT2D eigenvalue weighted by Crippen LogP contribution is 2.19. The Bertz CT molecular complexity index is 986. The number of hydrogen-bond donors (Lipinski definition) is 2. The van der Waals surface area contributed by atoms with Gasteiger partial charge in [-0.15, -0.1) is 0 Å². The normalized spacial score (nSPS) is 11.2. The molecule has 0 saturated heterocycles. The van der Waals surface area contributed by atoms with E-state index < -0.39 is 20.9 Å². The lowest BCUT2D eigenvalue weighted by Gasteiger charge is -2.11. The van der Waals surface area contributed by atoms with E-state index in [-0.39, 0.29) is 29.2 Å². The van der Waals surface area contributed by atoms with E-state index in [1.807, 2.05) is 13.0 Å². The molecule has 0 aromatic heterocycles. The largest absolute Gasteiger partial charge is 0.351 e. The van der Waals surface area contributed by atoms with Crippen LogP contribution in [0.15, 0.2) is 41.3 Å². The number of rotatable bonds is 7. The van der Waals surface area contributed by atoms with Crippen molar-refractivity contribution in [2.24, 2.45) is 0 Å². The van der Waals surface area contributed by atoms with Crippen molar-refractivity contribution >= 4 is 21.6 Å². The molecule has 2 aromatic rings. The molecule has 0 atom stereocenters. The summed E-state index contributed by atoms with van der Waals surface area (Å²) in [5.74, 6) is -0.432. The van der Waals surface area contributed by atoms with Crippen molar-refractivity contribution in [3.8, 4) is 0 Å². The van der Waals surface area contributed by atoms with Gasteiger partial charge in [0.15, 0.2) is 0 Å². The summed E-state index contributed by atoms with van der Waals surface area (Å²) < 4.78 is 27.2. The van der Waals surface area contributed by atoms with Gasteiger partial charge >= 0.3 is 0 Å². The lowest BCUT2D eigenvalue weighted by Crippen LogP contribution is -2.35. The molecule has 0 saturated carbocycles. The zero-order valence-corrected chi connectivity index (χ0v) is 16.1. The summed E-state index contributed by atoms with van der Waals surface area (Å²) >= 11 is 0. The van der Waals surface area contributed by atoms with Crippen LogP contribution in [0.4, 0.5) is 5.69 Å². The summed E-state index contributed by atoms with van der Waals surface area (Å²) in [5, 5.41) is 13.4. The number of carbonyl (C=O) groups is 1. The lowest BCUT2D eigenvalue weighted by atomic mass is 10.1. The molecule has 0 fully saturated rings. The van der Waals surface area contributed by atoms with E-state index >= 15 is 0 Å². The molecule has 0 aliphatic heterocycles. The first-order valence-electron chi connectivity index (χ1n) is 8.22. The molecule has 0 spiro atoms. The zero-order chi connectivity index (χ0) is 20.2. The molecule has 9 heteroatoms. The minimum atomic E-state index is -3.67. The van der Waals surface area contributed by atoms with E-state index in [2.05, 4.69) is 10.0 Å². The summed E-state index contributed by atoms with van der Waals surface area (Å²) in [6.07, 6.45) is 0. The minimum Gasteiger partial charge on any atom is -0.351 e. The summed E-state index contributed by atoms with van der Waals surface area (Å²) in [7, 11) is -3.67. The van der Waals surface area contributed by atoms with Crippen LogP contribution in [0.5, 0.6) is 0 Å². The number of amides is 1. The van der Waals surface area contributed by atoms with Gasteiger partial charge in [0, 0.05) is 30.3 Å². The van der Waals surface area contributed by atoms with Crippen molar-refractivity contribution < 1.29 is 18.1 Å². The van der Waals surface area contributed by atoms with Crippen molar-refractivity contribution in [3.05, 3.63) is 68.8 Å². The Morgan fingerprint density at radius 1 is 1.04 bits per heavy atom. The van der Waals surface area contributed by atoms with Gasteiger partial charge in [-0.2, -0.15) is 0 Å². The van der Waals surface area contributed by atoms with Gasteiger partial charge in [-0.1, -0.05) is 12.1 Å². The fourth-order valence-corrected chi connectivity index (χ4v) is 3.90.